The quantitative estimate of drug-likeness (QED) is 0.113. The van der Waals surface area contributed by atoms with Gasteiger partial charge in [-0.05, 0) is 31.1 Å². The van der Waals surface area contributed by atoms with E-state index >= 15 is 0 Å². The van der Waals surface area contributed by atoms with Gasteiger partial charge in [0, 0.05) is 19.5 Å². The Hall–Kier alpha value is -2.39. The second kappa shape index (κ2) is 12.9. The number of nitrogens with one attached hydrogen (secondary N) is 5. The third kappa shape index (κ3) is 13.0. The molecule has 0 rings (SSSR count). The number of amides is 2. The Bertz CT molecular complexity index is 481. The molecule has 0 saturated heterocycles. The molecule has 0 heterocycles. The number of carbonyl (C=O) groups excluding carboxylic acids is 2. The van der Waals surface area contributed by atoms with Crippen LogP contribution < -0.4 is 21.4 Å². The maximum Gasteiger partial charge on any atom is 0.251 e. The maximum absolute atomic E-state index is 12.3. The van der Waals surface area contributed by atoms with Gasteiger partial charge in [0.25, 0.3) is 5.96 Å². The van der Waals surface area contributed by atoms with Crippen molar-refractivity contribution in [3.05, 3.63) is 16.7 Å². The summed E-state index contributed by atoms with van der Waals surface area (Å²) in [7, 11) is 0. The van der Waals surface area contributed by atoms with Crippen molar-refractivity contribution in [2.24, 2.45) is 11.8 Å². The van der Waals surface area contributed by atoms with Gasteiger partial charge in [-0.25, -0.2) is 10.1 Å². The average molecular weight is 371 g/mol. The van der Waals surface area contributed by atoms with Gasteiger partial charge in [-0.15, -0.1) is 0 Å². The molecule has 0 unspecified atom stereocenters. The molecule has 149 valence electrons. The van der Waals surface area contributed by atoms with Crippen LogP contribution in [-0.4, -0.2) is 35.4 Å². The van der Waals surface area contributed by atoms with E-state index in [1.54, 1.807) is 12.0 Å². The summed E-state index contributed by atoms with van der Waals surface area (Å²) in [5, 5.41) is 24.6. The lowest BCUT2D eigenvalue weighted by Gasteiger charge is -2.19. The third-order valence-electron chi connectivity index (χ3n) is 3.25. The first kappa shape index (κ1) is 23.6. The van der Waals surface area contributed by atoms with Gasteiger partial charge in [0.1, 0.15) is 6.04 Å². The predicted molar refractivity (Wildman–Crippen MR) is 98.4 cm³/mol. The van der Waals surface area contributed by atoms with Crippen LogP contribution in [0.1, 0.15) is 53.4 Å². The molecule has 1 radical (unpaired) electrons. The zero-order valence-electron chi connectivity index (χ0n) is 15.9. The summed E-state index contributed by atoms with van der Waals surface area (Å²) in [6.45, 7) is 9.85. The first-order valence-corrected chi connectivity index (χ1v) is 8.76. The topological polar surface area (TPSA) is 149 Å². The fraction of sp³-hybridized carbons (Fsp3) is 0.750. The van der Waals surface area contributed by atoms with Crippen LogP contribution in [0.3, 0.4) is 0 Å². The van der Waals surface area contributed by atoms with Crippen LogP contribution in [0, 0.1) is 33.9 Å². The zero-order valence-corrected chi connectivity index (χ0v) is 15.9. The molecule has 10 heteroatoms. The first-order chi connectivity index (χ1) is 12.1. The summed E-state index contributed by atoms with van der Waals surface area (Å²) in [5.41, 5.74) is 1.69. The second-order valence-corrected chi connectivity index (χ2v) is 6.87. The molecule has 26 heavy (non-hydrogen) atoms. The zero-order chi connectivity index (χ0) is 20.1. The van der Waals surface area contributed by atoms with Crippen LogP contribution in [0.25, 0.3) is 0 Å². The Morgan fingerprint density at radius 2 is 1.85 bits per heavy atom. The highest BCUT2D eigenvalue weighted by molar-refractivity contribution is 5.87. The number of nitrogens with zero attached hydrogens (tertiary/aromatic N) is 1. The molecule has 0 aliphatic rings. The van der Waals surface area contributed by atoms with E-state index in [-0.39, 0.29) is 24.3 Å². The molecule has 0 fully saturated rings. The van der Waals surface area contributed by atoms with Crippen molar-refractivity contribution in [1.82, 2.24) is 21.4 Å². The molecule has 0 aromatic heterocycles. The number of guanidine groups is 1. The minimum Gasteiger partial charge on any atom is -0.352 e. The van der Waals surface area contributed by atoms with Gasteiger partial charge < -0.3 is 16.0 Å². The highest BCUT2D eigenvalue weighted by Gasteiger charge is 2.20. The van der Waals surface area contributed by atoms with E-state index in [0.29, 0.717) is 25.2 Å². The standard InChI is InChI=1S/C16H31N6O4/c1-11(2)7-9-18-15(24)13(20-14(23)10-12(3)4)6-5-8-19-16(17)21-22(25)26/h9,11-13H,5-8,10H2,1-4H3,(H,18,24)(H,20,23)(H3,17,19,21)/t13-/m0/s1. The Balaban J connectivity index is 4.47. The van der Waals surface area contributed by atoms with Crippen LogP contribution >= 0.6 is 0 Å². The van der Waals surface area contributed by atoms with Crippen molar-refractivity contribution in [2.45, 2.75) is 59.4 Å². The largest absolute Gasteiger partial charge is 0.352 e. The molecule has 0 aliphatic heterocycles. The highest BCUT2D eigenvalue weighted by atomic mass is 16.7. The second-order valence-electron chi connectivity index (χ2n) is 6.87. The fourth-order valence-electron chi connectivity index (χ4n) is 2.04. The predicted octanol–water partition coefficient (Wildman–Crippen LogP) is 0.927. The molecular formula is C16H31N6O4. The third-order valence-corrected chi connectivity index (χ3v) is 3.25. The maximum atomic E-state index is 12.3. The molecule has 2 amide bonds. The van der Waals surface area contributed by atoms with Gasteiger partial charge in [0.15, 0.2) is 5.03 Å². The number of hydrogen-bond donors (Lipinski definition) is 5. The number of hydrazine groups is 1. The van der Waals surface area contributed by atoms with Crippen LogP contribution in [0.2, 0.25) is 0 Å². The van der Waals surface area contributed by atoms with Crippen LogP contribution in [0.4, 0.5) is 0 Å². The first-order valence-electron chi connectivity index (χ1n) is 8.76. The summed E-state index contributed by atoms with van der Waals surface area (Å²) in [4.78, 5) is 34.5. The normalized spacial score (nSPS) is 11.8. The van der Waals surface area contributed by atoms with Gasteiger partial charge in [0.05, 0.1) is 0 Å². The van der Waals surface area contributed by atoms with Crippen molar-refractivity contribution in [3.63, 3.8) is 0 Å². The molecule has 0 aromatic carbocycles. The molecule has 0 saturated carbocycles. The minimum atomic E-state index is -0.831. The lowest BCUT2D eigenvalue weighted by molar-refractivity contribution is -0.525. The Morgan fingerprint density at radius 3 is 2.38 bits per heavy atom. The van der Waals surface area contributed by atoms with E-state index in [0.717, 1.165) is 6.42 Å². The van der Waals surface area contributed by atoms with Crippen LogP contribution in [0.15, 0.2) is 0 Å². The minimum absolute atomic E-state index is 0.182. The highest BCUT2D eigenvalue weighted by Crippen LogP contribution is 2.04. The molecule has 5 N–H and O–H groups in total. The average Bonchev–Trinajstić information content (AvgIpc) is 2.48. The van der Waals surface area contributed by atoms with E-state index in [4.69, 9.17) is 5.41 Å². The van der Waals surface area contributed by atoms with Crippen LogP contribution in [-0.2, 0) is 9.59 Å². The molecule has 0 spiro atoms. The van der Waals surface area contributed by atoms with Gasteiger partial charge in [0.2, 0.25) is 11.8 Å². The van der Waals surface area contributed by atoms with E-state index in [1.165, 1.54) is 0 Å². The number of nitro groups is 1. The van der Waals surface area contributed by atoms with Crippen molar-refractivity contribution in [1.29, 1.82) is 5.41 Å². The Morgan fingerprint density at radius 1 is 1.19 bits per heavy atom. The monoisotopic (exact) mass is 371 g/mol. The van der Waals surface area contributed by atoms with Gasteiger partial charge in [-0.2, -0.15) is 0 Å². The van der Waals surface area contributed by atoms with Crippen molar-refractivity contribution in [2.75, 3.05) is 6.54 Å². The molecular weight excluding hydrogens is 340 g/mol. The summed E-state index contributed by atoms with van der Waals surface area (Å²) in [6.07, 6.45) is 1.86. The lowest BCUT2D eigenvalue weighted by atomic mass is 10.1. The van der Waals surface area contributed by atoms with E-state index in [1.807, 2.05) is 27.7 Å². The molecule has 1 atom stereocenters. The fourth-order valence-corrected chi connectivity index (χ4v) is 2.04. The van der Waals surface area contributed by atoms with Gasteiger partial charge in [-0.1, -0.05) is 33.1 Å². The summed E-state index contributed by atoms with van der Waals surface area (Å²) in [6, 6.07) is -0.691. The molecule has 10 nitrogen and oxygen atoms in total. The molecule has 0 aliphatic carbocycles. The summed E-state index contributed by atoms with van der Waals surface area (Å²) < 4.78 is 0. The van der Waals surface area contributed by atoms with Gasteiger partial charge in [-0.3, -0.25) is 15.0 Å². The number of hydrogen-bond acceptors (Lipinski definition) is 5. The summed E-state index contributed by atoms with van der Waals surface area (Å²) in [5.74, 6) is -0.318. The van der Waals surface area contributed by atoms with Crippen molar-refractivity contribution in [3.8, 4) is 0 Å². The van der Waals surface area contributed by atoms with Gasteiger partial charge >= 0.3 is 0 Å². The number of rotatable bonds is 12. The van der Waals surface area contributed by atoms with E-state index < -0.39 is 17.0 Å². The van der Waals surface area contributed by atoms with Crippen LogP contribution in [0.5, 0.6) is 0 Å². The smallest absolute Gasteiger partial charge is 0.251 e. The SMILES string of the molecule is CC(C)C[CH]NC(=O)[C@H](CCCNC(=N)N[N+](=O)[O-])NC(=O)CC(C)C. The van der Waals surface area contributed by atoms with E-state index in [9.17, 15) is 19.7 Å². The van der Waals surface area contributed by atoms with E-state index in [2.05, 4.69) is 16.0 Å². The van der Waals surface area contributed by atoms with Crippen molar-refractivity contribution < 1.29 is 14.6 Å². The summed E-state index contributed by atoms with van der Waals surface area (Å²) >= 11 is 0. The van der Waals surface area contributed by atoms with Crippen molar-refractivity contribution >= 4 is 17.8 Å². The molecule has 0 bridgehead atoms. The Labute approximate surface area is 154 Å². The lowest BCUT2D eigenvalue weighted by Crippen LogP contribution is -2.47. The number of carbonyl (C=O) groups is 2. The molecule has 0 aromatic rings. The Kier molecular flexibility index (Phi) is 11.7.